The van der Waals surface area contributed by atoms with Gasteiger partial charge in [0.2, 0.25) is 0 Å². The summed E-state index contributed by atoms with van der Waals surface area (Å²) in [7, 11) is 1.71. The number of rotatable bonds is 1. The molecule has 0 N–H and O–H groups in total. The molecular weight excluding hydrogens is 166 g/mol. The highest BCUT2D eigenvalue weighted by Crippen LogP contribution is 2.14. The highest BCUT2D eigenvalue weighted by Gasteiger charge is 2.13. The minimum Gasteiger partial charge on any atom is -0.356 e. The second-order valence-electron chi connectivity index (χ2n) is 3.37. The zero-order valence-electron chi connectivity index (χ0n) is 7.73. The van der Waals surface area contributed by atoms with E-state index in [0.717, 1.165) is 18.9 Å². The van der Waals surface area contributed by atoms with Crippen LogP contribution in [0.3, 0.4) is 0 Å². The summed E-state index contributed by atoms with van der Waals surface area (Å²) in [5.74, 6) is 0.820. The van der Waals surface area contributed by atoms with E-state index in [-0.39, 0.29) is 5.69 Å². The van der Waals surface area contributed by atoms with E-state index in [9.17, 15) is 4.79 Å². The van der Waals surface area contributed by atoms with Crippen molar-refractivity contribution in [2.24, 2.45) is 7.05 Å². The van der Waals surface area contributed by atoms with Gasteiger partial charge in [0.1, 0.15) is 5.82 Å². The summed E-state index contributed by atoms with van der Waals surface area (Å²) < 4.78 is 1.49. The summed E-state index contributed by atoms with van der Waals surface area (Å²) in [4.78, 5) is 17.4. The molecule has 0 atom stereocenters. The standard InChI is InChI=1S/C9H13N3O/c1-11-7-4-8(10-9(11)13)12-5-2-3-6-12/h4,7H,2-3,5-6H2,1H3. The molecule has 0 radical (unpaired) electrons. The number of nitrogens with zero attached hydrogens (tertiary/aromatic N) is 3. The number of anilines is 1. The third-order valence-corrected chi connectivity index (χ3v) is 2.39. The number of aryl methyl sites for hydroxylation is 1. The predicted octanol–water partition coefficient (Wildman–Crippen LogP) is 0.381. The first-order valence-electron chi connectivity index (χ1n) is 4.56. The van der Waals surface area contributed by atoms with Crippen molar-refractivity contribution in [1.29, 1.82) is 0 Å². The van der Waals surface area contributed by atoms with Gasteiger partial charge in [-0.25, -0.2) is 4.79 Å². The van der Waals surface area contributed by atoms with Gasteiger partial charge in [-0.2, -0.15) is 4.98 Å². The van der Waals surface area contributed by atoms with Gasteiger partial charge in [0, 0.05) is 26.3 Å². The molecule has 0 bridgehead atoms. The molecule has 0 amide bonds. The molecule has 70 valence electrons. The van der Waals surface area contributed by atoms with Gasteiger partial charge in [-0.15, -0.1) is 0 Å². The lowest BCUT2D eigenvalue weighted by Crippen LogP contribution is -2.26. The Hall–Kier alpha value is -1.32. The van der Waals surface area contributed by atoms with E-state index in [4.69, 9.17) is 0 Å². The Labute approximate surface area is 76.8 Å². The Bertz CT molecular complexity index is 352. The summed E-state index contributed by atoms with van der Waals surface area (Å²) in [6.45, 7) is 2.06. The first kappa shape index (κ1) is 8.29. The lowest BCUT2D eigenvalue weighted by molar-refractivity contribution is 0.794. The molecule has 0 unspecified atom stereocenters. The van der Waals surface area contributed by atoms with E-state index in [1.807, 2.05) is 6.07 Å². The summed E-state index contributed by atoms with van der Waals surface area (Å²) in [5.41, 5.74) is -0.176. The summed E-state index contributed by atoms with van der Waals surface area (Å²) in [6, 6.07) is 1.90. The van der Waals surface area contributed by atoms with Crippen molar-refractivity contribution >= 4 is 5.82 Å². The summed E-state index contributed by atoms with van der Waals surface area (Å²) >= 11 is 0. The summed E-state index contributed by atoms with van der Waals surface area (Å²) in [5, 5.41) is 0. The predicted molar refractivity (Wildman–Crippen MR) is 50.9 cm³/mol. The number of hydrogen-bond donors (Lipinski definition) is 0. The van der Waals surface area contributed by atoms with E-state index in [0.29, 0.717) is 0 Å². The van der Waals surface area contributed by atoms with E-state index >= 15 is 0 Å². The van der Waals surface area contributed by atoms with Crippen LogP contribution < -0.4 is 10.6 Å². The Kier molecular flexibility index (Phi) is 2.04. The van der Waals surface area contributed by atoms with Gasteiger partial charge in [-0.3, -0.25) is 0 Å². The zero-order valence-corrected chi connectivity index (χ0v) is 7.73. The smallest absolute Gasteiger partial charge is 0.349 e. The van der Waals surface area contributed by atoms with E-state index in [1.54, 1.807) is 13.2 Å². The van der Waals surface area contributed by atoms with Gasteiger partial charge in [-0.05, 0) is 18.9 Å². The maximum Gasteiger partial charge on any atom is 0.349 e. The normalized spacial score (nSPS) is 16.5. The van der Waals surface area contributed by atoms with Crippen molar-refractivity contribution < 1.29 is 0 Å². The van der Waals surface area contributed by atoms with Crippen LogP contribution in [0.15, 0.2) is 17.1 Å². The van der Waals surface area contributed by atoms with Crippen molar-refractivity contribution in [2.45, 2.75) is 12.8 Å². The molecular formula is C9H13N3O. The van der Waals surface area contributed by atoms with Crippen molar-refractivity contribution in [2.75, 3.05) is 18.0 Å². The van der Waals surface area contributed by atoms with Gasteiger partial charge in [0.15, 0.2) is 0 Å². The maximum absolute atomic E-state index is 11.2. The summed E-state index contributed by atoms with van der Waals surface area (Å²) in [6.07, 6.45) is 4.18. The molecule has 0 aromatic carbocycles. The topological polar surface area (TPSA) is 38.1 Å². The SMILES string of the molecule is Cn1ccc(N2CCCC2)nc1=O. The van der Waals surface area contributed by atoms with Crippen molar-refractivity contribution in [3.05, 3.63) is 22.7 Å². The number of hydrogen-bond acceptors (Lipinski definition) is 3. The average Bonchev–Trinajstić information content (AvgIpc) is 2.62. The van der Waals surface area contributed by atoms with Crippen LogP contribution in [0.25, 0.3) is 0 Å². The lowest BCUT2D eigenvalue weighted by atomic mass is 10.4. The fourth-order valence-corrected chi connectivity index (χ4v) is 1.58. The van der Waals surface area contributed by atoms with Crippen LogP contribution in [0.5, 0.6) is 0 Å². The van der Waals surface area contributed by atoms with Crippen molar-refractivity contribution in [3.8, 4) is 0 Å². The molecule has 0 aliphatic carbocycles. The van der Waals surface area contributed by atoms with E-state index < -0.39 is 0 Å². The zero-order chi connectivity index (χ0) is 9.26. The molecule has 1 aromatic rings. The first-order chi connectivity index (χ1) is 6.27. The maximum atomic E-state index is 11.2. The fraction of sp³-hybridized carbons (Fsp3) is 0.556. The average molecular weight is 179 g/mol. The quantitative estimate of drug-likeness (QED) is 0.625. The number of aromatic nitrogens is 2. The van der Waals surface area contributed by atoms with Crippen LogP contribution in [0.4, 0.5) is 5.82 Å². The lowest BCUT2D eigenvalue weighted by Gasteiger charge is -2.15. The van der Waals surface area contributed by atoms with Crippen molar-refractivity contribution in [1.82, 2.24) is 9.55 Å². The third-order valence-electron chi connectivity index (χ3n) is 2.39. The van der Waals surface area contributed by atoms with Crippen LogP contribution in [0.1, 0.15) is 12.8 Å². The van der Waals surface area contributed by atoms with Crippen molar-refractivity contribution in [3.63, 3.8) is 0 Å². The molecule has 2 heterocycles. The third kappa shape index (κ3) is 1.56. The molecule has 0 spiro atoms. The molecule has 1 aliphatic heterocycles. The van der Waals surface area contributed by atoms with Gasteiger partial charge >= 0.3 is 5.69 Å². The molecule has 1 aliphatic rings. The van der Waals surface area contributed by atoms with Crippen LogP contribution in [-0.4, -0.2) is 22.6 Å². The second-order valence-corrected chi connectivity index (χ2v) is 3.37. The first-order valence-corrected chi connectivity index (χ1v) is 4.56. The minimum absolute atomic E-state index is 0.176. The van der Waals surface area contributed by atoms with Gasteiger partial charge in [0.05, 0.1) is 0 Å². The Morgan fingerprint density at radius 1 is 1.38 bits per heavy atom. The Balaban J connectivity index is 2.30. The molecule has 13 heavy (non-hydrogen) atoms. The molecule has 1 fully saturated rings. The fourth-order valence-electron chi connectivity index (χ4n) is 1.58. The van der Waals surface area contributed by atoms with Crippen LogP contribution in [-0.2, 0) is 7.05 Å². The Morgan fingerprint density at radius 2 is 2.08 bits per heavy atom. The molecule has 4 heteroatoms. The van der Waals surface area contributed by atoms with E-state index in [1.165, 1.54) is 17.4 Å². The second kappa shape index (κ2) is 3.20. The Morgan fingerprint density at radius 3 is 2.69 bits per heavy atom. The van der Waals surface area contributed by atoms with Crippen LogP contribution >= 0.6 is 0 Å². The van der Waals surface area contributed by atoms with Crippen LogP contribution in [0, 0.1) is 0 Å². The monoisotopic (exact) mass is 179 g/mol. The molecule has 2 rings (SSSR count). The highest BCUT2D eigenvalue weighted by molar-refractivity contribution is 5.37. The van der Waals surface area contributed by atoms with Gasteiger partial charge in [-0.1, -0.05) is 0 Å². The molecule has 4 nitrogen and oxygen atoms in total. The minimum atomic E-state index is -0.176. The van der Waals surface area contributed by atoms with Crippen LogP contribution in [0.2, 0.25) is 0 Å². The van der Waals surface area contributed by atoms with Gasteiger partial charge in [0.25, 0.3) is 0 Å². The van der Waals surface area contributed by atoms with E-state index in [2.05, 4.69) is 9.88 Å². The molecule has 1 aromatic heterocycles. The largest absolute Gasteiger partial charge is 0.356 e. The highest BCUT2D eigenvalue weighted by atomic mass is 16.1. The molecule has 0 saturated carbocycles. The molecule has 1 saturated heterocycles. The van der Waals surface area contributed by atoms with Gasteiger partial charge < -0.3 is 9.47 Å².